The van der Waals surface area contributed by atoms with E-state index >= 15 is 0 Å². The Bertz CT molecular complexity index is 1510. The summed E-state index contributed by atoms with van der Waals surface area (Å²) in [4.78, 5) is 28.8. The van der Waals surface area contributed by atoms with Gasteiger partial charge in [0.2, 0.25) is 0 Å². The molecule has 1 aliphatic rings. The van der Waals surface area contributed by atoms with E-state index in [9.17, 15) is 9.59 Å². The Morgan fingerprint density at radius 2 is 1.32 bits per heavy atom. The number of carbonyl (C=O) groups excluding carboxylic acids is 2. The molecule has 0 aliphatic carbocycles. The number of aryl methyl sites for hydroxylation is 4. The number of amides is 2. The summed E-state index contributed by atoms with van der Waals surface area (Å²) < 4.78 is 0. The van der Waals surface area contributed by atoms with Crippen molar-refractivity contribution in [2.24, 2.45) is 0 Å². The summed E-state index contributed by atoms with van der Waals surface area (Å²) in [6.45, 7) is 8.04. The number of carbonyl (C=O) groups is 2. The fraction of sp³-hybridized carbons (Fsp3) is 0.133. The predicted molar refractivity (Wildman–Crippen MR) is 139 cm³/mol. The normalized spacial score (nSPS) is 13.8. The fourth-order valence-corrected chi connectivity index (χ4v) is 4.38. The Balaban J connectivity index is 1.68. The number of benzene rings is 4. The maximum atomic E-state index is 13.8. The third kappa shape index (κ3) is 3.57. The van der Waals surface area contributed by atoms with Gasteiger partial charge in [-0.05, 0) is 79.1 Å². The lowest BCUT2D eigenvalue weighted by molar-refractivity contribution is -0.120. The molecule has 0 radical (unpaired) electrons. The van der Waals surface area contributed by atoms with Crippen molar-refractivity contribution in [1.29, 1.82) is 0 Å². The average molecular weight is 447 g/mol. The van der Waals surface area contributed by atoms with Crippen molar-refractivity contribution in [2.75, 3.05) is 10.2 Å². The van der Waals surface area contributed by atoms with E-state index in [0.29, 0.717) is 17.0 Å². The molecule has 4 nitrogen and oxygen atoms in total. The zero-order valence-corrected chi connectivity index (χ0v) is 19.8. The van der Waals surface area contributed by atoms with Gasteiger partial charge in [-0.25, -0.2) is 4.90 Å². The maximum Gasteiger partial charge on any atom is 0.282 e. The van der Waals surface area contributed by atoms with E-state index in [-0.39, 0.29) is 11.8 Å². The van der Waals surface area contributed by atoms with Crippen LogP contribution >= 0.6 is 0 Å². The number of imide groups is 1. The molecule has 4 aromatic carbocycles. The van der Waals surface area contributed by atoms with Crippen LogP contribution in [0.4, 0.5) is 11.4 Å². The monoisotopic (exact) mass is 446 g/mol. The lowest BCUT2D eigenvalue weighted by atomic mass is 9.99. The quantitative estimate of drug-likeness (QED) is 0.366. The number of fused-ring (bicyclic) bond motifs is 1. The van der Waals surface area contributed by atoms with Gasteiger partial charge in [-0.3, -0.25) is 9.59 Å². The minimum Gasteiger partial charge on any atom is -0.350 e. The lowest BCUT2D eigenvalue weighted by Gasteiger charge is -2.17. The highest BCUT2D eigenvalue weighted by molar-refractivity contribution is 6.46. The van der Waals surface area contributed by atoms with Gasteiger partial charge in [0.05, 0.1) is 11.3 Å². The van der Waals surface area contributed by atoms with Crippen molar-refractivity contribution in [3.63, 3.8) is 0 Å². The first-order valence-electron chi connectivity index (χ1n) is 11.4. The van der Waals surface area contributed by atoms with E-state index in [1.165, 1.54) is 4.90 Å². The highest BCUT2D eigenvalue weighted by Crippen LogP contribution is 2.36. The predicted octanol–water partition coefficient (Wildman–Crippen LogP) is 6.47. The Morgan fingerprint density at radius 3 is 2.06 bits per heavy atom. The van der Waals surface area contributed by atoms with Crippen LogP contribution in [-0.2, 0) is 9.59 Å². The molecule has 0 bridgehead atoms. The van der Waals surface area contributed by atoms with E-state index in [1.807, 2.05) is 107 Å². The van der Waals surface area contributed by atoms with Gasteiger partial charge in [0.25, 0.3) is 11.8 Å². The van der Waals surface area contributed by atoms with Crippen LogP contribution in [0.1, 0.15) is 27.8 Å². The second kappa shape index (κ2) is 8.31. The van der Waals surface area contributed by atoms with Crippen molar-refractivity contribution < 1.29 is 9.59 Å². The summed E-state index contributed by atoms with van der Waals surface area (Å²) >= 11 is 0. The third-order valence-electron chi connectivity index (χ3n) is 6.68. The Morgan fingerprint density at radius 1 is 0.647 bits per heavy atom. The molecule has 34 heavy (non-hydrogen) atoms. The summed E-state index contributed by atoms with van der Waals surface area (Å²) in [6.07, 6.45) is 0. The van der Waals surface area contributed by atoms with Crippen LogP contribution in [-0.4, -0.2) is 11.8 Å². The van der Waals surface area contributed by atoms with E-state index in [1.54, 1.807) is 0 Å². The van der Waals surface area contributed by atoms with E-state index in [2.05, 4.69) is 5.32 Å². The van der Waals surface area contributed by atoms with Gasteiger partial charge >= 0.3 is 0 Å². The van der Waals surface area contributed by atoms with Crippen LogP contribution in [0.3, 0.4) is 0 Å². The molecule has 168 valence electrons. The van der Waals surface area contributed by atoms with E-state index < -0.39 is 0 Å². The molecular formula is C30H26N2O2. The number of nitrogens with zero attached hydrogens (tertiary/aromatic N) is 1. The minimum atomic E-state index is -0.352. The molecular weight excluding hydrogens is 420 g/mol. The van der Waals surface area contributed by atoms with Crippen molar-refractivity contribution in [1.82, 2.24) is 0 Å². The Hall–Kier alpha value is -4.18. The Kier molecular flexibility index (Phi) is 5.29. The summed E-state index contributed by atoms with van der Waals surface area (Å²) in [6, 6.07) is 25.4. The van der Waals surface area contributed by atoms with Gasteiger partial charge in [0.1, 0.15) is 5.70 Å². The Labute approximate surface area is 199 Å². The average Bonchev–Trinajstić information content (AvgIpc) is 3.07. The van der Waals surface area contributed by atoms with Crippen LogP contribution < -0.4 is 10.2 Å². The topological polar surface area (TPSA) is 49.4 Å². The van der Waals surface area contributed by atoms with Crippen LogP contribution in [0.15, 0.2) is 84.6 Å². The zero-order valence-electron chi connectivity index (χ0n) is 19.8. The van der Waals surface area contributed by atoms with Gasteiger partial charge in [0, 0.05) is 11.1 Å². The number of nitrogens with one attached hydrogen (secondary N) is 1. The van der Waals surface area contributed by atoms with Crippen LogP contribution in [0.25, 0.3) is 16.3 Å². The summed E-state index contributed by atoms with van der Waals surface area (Å²) in [7, 11) is 0. The van der Waals surface area contributed by atoms with Gasteiger partial charge in [-0.1, -0.05) is 60.7 Å². The molecule has 4 heteroatoms. The molecule has 5 rings (SSSR count). The molecule has 2 amide bonds. The molecule has 0 atom stereocenters. The van der Waals surface area contributed by atoms with Gasteiger partial charge in [-0.2, -0.15) is 0 Å². The van der Waals surface area contributed by atoms with Crippen molar-refractivity contribution in [2.45, 2.75) is 27.7 Å². The highest BCUT2D eigenvalue weighted by Gasteiger charge is 2.40. The first-order chi connectivity index (χ1) is 16.3. The first-order valence-corrected chi connectivity index (χ1v) is 11.4. The second-order valence-electron chi connectivity index (χ2n) is 8.92. The highest BCUT2D eigenvalue weighted by atomic mass is 16.2. The fourth-order valence-electron chi connectivity index (χ4n) is 4.38. The van der Waals surface area contributed by atoms with Gasteiger partial charge in [0.15, 0.2) is 0 Å². The number of anilines is 2. The van der Waals surface area contributed by atoms with Crippen molar-refractivity contribution in [3.05, 3.63) is 112 Å². The molecule has 0 spiro atoms. The van der Waals surface area contributed by atoms with Crippen molar-refractivity contribution in [3.8, 4) is 0 Å². The molecule has 0 saturated carbocycles. The SMILES string of the molecule is Cc1ccc(C2=C(Nc3cccc4ccccc34)C(=O)N(c3ccc(C)c(C)c3)C2=O)cc1C. The van der Waals surface area contributed by atoms with Gasteiger partial charge < -0.3 is 5.32 Å². The lowest BCUT2D eigenvalue weighted by Crippen LogP contribution is -2.32. The van der Waals surface area contributed by atoms with Crippen LogP contribution in [0.5, 0.6) is 0 Å². The third-order valence-corrected chi connectivity index (χ3v) is 6.68. The van der Waals surface area contributed by atoms with Crippen LogP contribution in [0, 0.1) is 27.7 Å². The van der Waals surface area contributed by atoms with Crippen LogP contribution in [0.2, 0.25) is 0 Å². The standard InChI is InChI=1S/C30H26N2O2/c1-18-12-14-23(16-20(18)3)27-28(31-26-11-7-9-22-8-5-6-10-25(22)26)30(34)32(29(27)33)24-15-13-19(2)21(4)17-24/h5-17,31H,1-4H3. The van der Waals surface area contributed by atoms with E-state index in [0.717, 1.165) is 44.3 Å². The summed E-state index contributed by atoms with van der Waals surface area (Å²) in [5.74, 6) is -0.673. The zero-order chi connectivity index (χ0) is 24.0. The van der Waals surface area contributed by atoms with Crippen molar-refractivity contribution >= 4 is 39.5 Å². The number of hydrogen-bond acceptors (Lipinski definition) is 3. The first kappa shape index (κ1) is 21.7. The number of hydrogen-bond donors (Lipinski definition) is 1. The summed E-state index contributed by atoms with van der Waals surface area (Å²) in [5.41, 5.74) is 7.12. The van der Waals surface area contributed by atoms with E-state index in [4.69, 9.17) is 0 Å². The molecule has 1 aliphatic heterocycles. The minimum absolute atomic E-state index is 0.294. The second-order valence-corrected chi connectivity index (χ2v) is 8.92. The molecule has 4 aromatic rings. The molecule has 0 unspecified atom stereocenters. The smallest absolute Gasteiger partial charge is 0.282 e. The molecule has 1 N–H and O–H groups in total. The molecule has 0 fully saturated rings. The largest absolute Gasteiger partial charge is 0.350 e. The molecule has 0 aromatic heterocycles. The van der Waals surface area contributed by atoms with Gasteiger partial charge in [-0.15, -0.1) is 0 Å². The molecule has 0 saturated heterocycles. The maximum absolute atomic E-state index is 13.8. The molecule has 1 heterocycles. The summed E-state index contributed by atoms with van der Waals surface area (Å²) in [5, 5.41) is 5.39. The number of rotatable bonds is 4.